The fourth-order valence-electron chi connectivity index (χ4n) is 5.47. The molecule has 3 fully saturated rings. The number of methoxy groups -OCH3 is 1. The van der Waals surface area contributed by atoms with Gasteiger partial charge in [0.05, 0.1) is 24.8 Å². The van der Waals surface area contributed by atoms with Crippen molar-refractivity contribution in [2.75, 3.05) is 13.7 Å². The first-order valence-corrected chi connectivity index (χ1v) is 8.70. The molecule has 4 nitrogen and oxygen atoms in total. The third-order valence-corrected chi connectivity index (χ3v) is 6.62. The van der Waals surface area contributed by atoms with Gasteiger partial charge in [-0.05, 0) is 61.1 Å². The normalized spacial score (nSPS) is 37.2. The second-order valence-electron chi connectivity index (χ2n) is 7.36. The second kappa shape index (κ2) is 4.80. The van der Waals surface area contributed by atoms with Crippen LogP contribution in [0.25, 0.3) is 10.9 Å². The molecule has 0 radical (unpaired) electrons. The van der Waals surface area contributed by atoms with Gasteiger partial charge in [-0.1, -0.05) is 6.08 Å². The van der Waals surface area contributed by atoms with Crippen LogP contribution in [-0.2, 0) is 0 Å². The number of piperidine rings is 1. The van der Waals surface area contributed by atoms with Crippen molar-refractivity contribution in [2.45, 2.75) is 30.5 Å². The van der Waals surface area contributed by atoms with Crippen LogP contribution in [0.15, 0.2) is 43.1 Å². The van der Waals surface area contributed by atoms with E-state index in [1.165, 1.54) is 6.42 Å². The van der Waals surface area contributed by atoms with E-state index in [0.29, 0.717) is 11.8 Å². The van der Waals surface area contributed by atoms with Crippen LogP contribution in [0.4, 0.5) is 0 Å². The van der Waals surface area contributed by atoms with E-state index in [9.17, 15) is 5.11 Å². The van der Waals surface area contributed by atoms with E-state index in [1.54, 1.807) is 13.3 Å². The summed E-state index contributed by atoms with van der Waals surface area (Å²) in [6, 6.07) is 8.05. The Hall–Kier alpha value is -1.91. The van der Waals surface area contributed by atoms with Crippen LogP contribution in [0, 0.1) is 11.8 Å². The molecule has 124 valence electrons. The fraction of sp³-hybridized carbons (Fsp3) is 0.450. The molecule has 1 spiro atoms. The van der Waals surface area contributed by atoms with Crippen molar-refractivity contribution in [1.29, 1.82) is 0 Å². The number of nitrogens with zero attached hydrogens (tertiary/aromatic N) is 2. The summed E-state index contributed by atoms with van der Waals surface area (Å²) in [7, 11) is 1.66. The Morgan fingerprint density at radius 3 is 3.12 bits per heavy atom. The van der Waals surface area contributed by atoms with Crippen LogP contribution in [0.1, 0.15) is 24.5 Å². The number of benzene rings is 1. The molecule has 24 heavy (non-hydrogen) atoms. The number of aliphatic hydroxyl groups excluding tert-OH is 1. The van der Waals surface area contributed by atoms with Crippen molar-refractivity contribution >= 4 is 10.9 Å². The van der Waals surface area contributed by atoms with E-state index in [-0.39, 0.29) is 11.6 Å². The molecule has 1 aromatic carbocycles. The Balaban J connectivity index is 1.52. The molecule has 1 N–H and O–H groups in total. The van der Waals surface area contributed by atoms with Crippen molar-refractivity contribution in [1.82, 2.24) is 9.88 Å². The van der Waals surface area contributed by atoms with Gasteiger partial charge in [0.2, 0.25) is 0 Å². The highest BCUT2D eigenvalue weighted by Crippen LogP contribution is 2.69. The summed E-state index contributed by atoms with van der Waals surface area (Å²) >= 11 is 0. The average molecular weight is 322 g/mol. The van der Waals surface area contributed by atoms with E-state index in [0.717, 1.165) is 35.2 Å². The summed E-state index contributed by atoms with van der Waals surface area (Å²) < 4.78 is 5.35. The molecule has 2 aromatic rings. The Morgan fingerprint density at radius 1 is 1.46 bits per heavy atom. The zero-order chi connectivity index (χ0) is 16.5. The molecule has 3 heterocycles. The van der Waals surface area contributed by atoms with E-state index in [2.05, 4.69) is 22.5 Å². The summed E-state index contributed by atoms with van der Waals surface area (Å²) in [6.45, 7) is 5.08. The Labute approximate surface area is 141 Å². The van der Waals surface area contributed by atoms with Crippen LogP contribution >= 0.6 is 0 Å². The van der Waals surface area contributed by atoms with Crippen LogP contribution in [0.3, 0.4) is 0 Å². The van der Waals surface area contributed by atoms with Gasteiger partial charge in [-0.3, -0.25) is 9.88 Å². The van der Waals surface area contributed by atoms with E-state index in [1.807, 2.05) is 24.3 Å². The number of fused-ring (bicyclic) bond motifs is 1. The van der Waals surface area contributed by atoms with Gasteiger partial charge in [-0.2, -0.15) is 0 Å². The van der Waals surface area contributed by atoms with Crippen molar-refractivity contribution in [2.24, 2.45) is 11.8 Å². The second-order valence-corrected chi connectivity index (χ2v) is 7.36. The average Bonchev–Trinajstić information content (AvgIpc) is 3.19. The van der Waals surface area contributed by atoms with Crippen molar-refractivity contribution in [3.63, 3.8) is 0 Å². The van der Waals surface area contributed by atoms with Crippen LogP contribution in [0.5, 0.6) is 5.75 Å². The van der Waals surface area contributed by atoms with Gasteiger partial charge in [0.15, 0.2) is 0 Å². The first-order chi connectivity index (χ1) is 11.7. The predicted molar refractivity (Wildman–Crippen MR) is 92.9 cm³/mol. The smallest absolute Gasteiger partial charge is 0.119 e. The molecule has 4 unspecified atom stereocenters. The quantitative estimate of drug-likeness (QED) is 0.694. The summed E-state index contributed by atoms with van der Waals surface area (Å²) in [5.74, 6) is 2.10. The SMILES string of the molecule is C=C[C@@H]1CC23C1CCN2C3[C@@H](O)c1ccnc2ccc(OC)cc12. The van der Waals surface area contributed by atoms with Gasteiger partial charge in [0, 0.05) is 17.1 Å². The van der Waals surface area contributed by atoms with Crippen molar-refractivity contribution < 1.29 is 9.84 Å². The standard InChI is InChI=1S/C20H22N2O2/c1-3-12-11-20-16(12)7-9-22(20)19(20)18(23)14-6-8-21-17-5-4-13(24-2)10-15(14)17/h3-6,8,10,12,16,18-19,23H,1,7,9,11H2,2H3/t12-,16?,18+,19?,20?,22?/m1/s1. The van der Waals surface area contributed by atoms with E-state index >= 15 is 0 Å². The van der Waals surface area contributed by atoms with Gasteiger partial charge >= 0.3 is 0 Å². The molecule has 1 aliphatic carbocycles. The number of ether oxygens (including phenoxy) is 1. The first kappa shape index (κ1) is 14.4. The molecule has 3 aliphatic rings. The molecule has 1 saturated carbocycles. The van der Waals surface area contributed by atoms with Crippen molar-refractivity contribution in [3.8, 4) is 5.75 Å². The van der Waals surface area contributed by atoms with E-state index < -0.39 is 6.10 Å². The fourth-order valence-corrected chi connectivity index (χ4v) is 5.47. The van der Waals surface area contributed by atoms with Crippen LogP contribution in [-0.4, -0.2) is 40.2 Å². The van der Waals surface area contributed by atoms with Gasteiger partial charge in [-0.25, -0.2) is 0 Å². The lowest BCUT2D eigenvalue weighted by molar-refractivity contribution is 0.108. The number of hydrogen-bond donors (Lipinski definition) is 1. The lowest BCUT2D eigenvalue weighted by Crippen LogP contribution is -2.45. The minimum Gasteiger partial charge on any atom is -0.497 e. The maximum absolute atomic E-state index is 11.2. The Morgan fingerprint density at radius 2 is 2.33 bits per heavy atom. The third-order valence-electron chi connectivity index (χ3n) is 6.62. The zero-order valence-electron chi connectivity index (χ0n) is 13.9. The maximum atomic E-state index is 11.2. The number of hydrogen-bond acceptors (Lipinski definition) is 4. The number of aromatic nitrogens is 1. The minimum absolute atomic E-state index is 0.229. The molecule has 2 aliphatic heterocycles. The highest BCUT2D eigenvalue weighted by atomic mass is 16.5. The summed E-state index contributed by atoms with van der Waals surface area (Å²) in [6.07, 6.45) is 5.81. The molecule has 4 heteroatoms. The molecule has 6 atom stereocenters. The monoisotopic (exact) mass is 322 g/mol. The lowest BCUT2D eigenvalue weighted by Gasteiger charge is -2.42. The minimum atomic E-state index is -0.476. The molecular formula is C20H22N2O2. The van der Waals surface area contributed by atoms with Crippen LogP contribution < -0.4 is 4.74 Å². The Bertz CT molecular complexity index is 835. The summed E-state index contributed by atoms with van der Waals surface area (Å²) in [5, 5.41) is 12.2. The maximum Gasteiger partial charge on any atom is 0.119 e. The van der Waals surface area contributed by atoms with E-state index in [4.69, 9.17) is 4.74 Å². The molecule has 2 saturated heterocycles. The molecule has 1 aromatic heterocycles. The predicted octanol–water partition coefficient (Wildman–Crippen LogP) is 2.93. The third kappa shape index (κ3) is 1.63. The van der Waals surface area contributed by atoms with Gasteiger partial charge in [0.25, 0.3) is 0 Å². The molecule has 0 bridgehead atoms. The van der Waals surface area contributed by atoms with Gasteiger partial charge < -0.3 is 9.84 Å². The Kier molecular flexibility index (Phi) is 2.89. The van der Waals surface area contributed by atoms with Crippen LogP contribution in [0.2, 0.25) is 0 Å². The largest absolute Gasteiger partial charge is 0.497 e. The molecule has 0 amide bonds. The van der Waals surface area contributed by atoms with Crippen molar-refractivity contribution in [3.05, 3.63) is 48.7 Å². The molecular weight excluding hydrogens is 300 g/mol. The number of aliphatic hydroxyl groups is 1. The number of allylic oxidation sites excluding steroid dienone is 1. The highest BCUT2D eigenvalue weighted by molar-refractivity contribution is 5.84. The van der Waals surface area contributed by atoms with Gasteiger partial charge in [0.1, 0.15) is 5.75 Å². The lowest BCUT2D eigenvalue weighted by atomic mass is 9.61. The highest BCUT2D eigenvalue weighted by Gasteiger charge is 2.77. The van der Waals surface area contributed by atoms with Gasteiger partial charge in [-0.15, -0.1) is 6.58 Å². The molecule has 5 rings (SSSR count). The topological polar surface area (TPSA) is 45.4 Å². The number of rotatable bonds is 4. The first-order valence-electron chi connectivity index (χ1n) is 8.70. The summed E-state index contributed by atoms with van der Waals surface area (Å²) in [4.78, 5) is 6.94. The number of pyridine rings is 1. The summed E-state index contributed by atoms with van der Waals surface area (Å²) in [5.41, 5.74) is 2.10. The zero-order valence-corrected chi connectivity index (χ0v) is 13.9.